The third kappa shape index (κ3) is 7.37. The van der Waals surface area contributed by atoms with Crippen LogP contribution in [0.15, 0.2) is 42.5 Å². The minimum Gasteiger partial charge on any atom is -0.493 e. The second kappa shape index (κ2) is 12.6. The summed E-state index contributed by atoms with van der Waals surface area (Å²) in [6.45, 7) is 3.11. The molecule has 0 unspecified atom stereocenters. The molecular formula is C26H32N2O7. The first-order valence-electron chi connectivity index (χ1n) is 11.7. The van der Waals surface area contributed by atoms with E-state index < -0.39 is 6.16 Å². The van der Waals surface area contributed by atoms with Crippen LogP contribution in [0.2, 0.25) is 0 Å². The summed E-state index contributed by atoms with van der Waals surface area (Å²) >= 11 is 0. The molecule has 1 N–H and O–H groups in total. The first kappa shape index (κ1) is 25.9. The Morgan fingerprint density at radius 1 is 0.971 bits per heavy atom. The zero-order valence-corrected chi connectivity index (χ0v) is 20.4. The zero-order valence-electron chi connectivity index (χ0n) is 20.4. The maximum atomic E-state index is 12.7. The van der Waals surface area contributed by atoms with Gasteiger partial charge in [0.1, 0.15) is 5.75 Å². The van der Waals surface area contributed by atoms with Crippen molar-refractivity contribution in [1.29, 1.82) is 0 Å². The summed E-state index contributed by atoms with van der Waals surface area (Å²) in [6, 6.07) is 11.9. The average Bonchev–Trinajstić information content (AvgIpc) is 2.88. The van der Waals surface area contributed by atoms with Crippen LogP contribution in [0.5, 0.6) is 17.2 Å². The maximum absolute atomic E-state index is 12.7. The van der Waals surface area contributed by atoms with E-state index in [9.17, 15) is 14.4 Å². The predicted molar refractivity (Wildman–Crippen MR) is 129 cm³/mol. The van der Waals surface area contributed by atoms with Crippen molar-refractivity contribution in [2.45, 2.75) is 38.6 Å². The highest BCUT2D eigenvalue weighted by molar-refractivity contribution is 5.94. The van der Waals surface area contributed by atoms with E-state index in [4.69, 9.17) is 18.9 Å². The predicted octanol–water partition coefficient (Wildman–Crippen LogP) is 3.59. The highest BCUT2D eigenvalue weighted by atomic mass is 16.7. The molecule has 1 fully saturated rings. The molecule has 2 aromatic rings. The van der Waals surface area contributed by atoms with E-state index in [0.717, 1.165) is 5.56 Å². The number of hydrogen-bond acceptors (Lipinski definition) is 7. The van der Waals surface area contributed by atoms with Crippen LogP contribution in [0.3, 0.4) is 0 Å². The summed E-state index contributed by atoms with van der Waals surface area (Å²) < 4.78 is 20.3. The monoisotopic (exact) mass is 484 g/mol. The van der Waals surface area contributed by atoms with Crippen LogP contribution in [-0.2, 0) is 16.0 Å². The van der Waals surface area contributed by atoms with Gasteiger partial charge in [-0.05, 0) is 68.1 Å². The van der Waals surface area contributed by atoms with Gasteiger partial charge in [-0.15, -0.1) is 0 Å². The van der Waals surface area contributed by atoms with Crippen molar-refractivity contribution in [3.63, 3.8) is 0 Å². The molecule has 1 heterocycles. The molecule has 1 aliphatic rings. The van der Waals surface area contributed by atoms with E-state index in [1.165, 1.54) is 0 Å². The zero-order chi connectivity index (χ0) is 25.2. The number of rotatable bonds is 9. The molecule has 0 bridgehead atoms. The molecule has 2 amide bonds. The molecule has 9 nitrogen and oxygen atoms in total. The highest BCUT2D eigenvalue weighted by Gasteiger charge is 2.24. The number of aryl methyl sites for hydroxylation is 1. The largest absolute Gasteiger partial charge is 0.513 e. The van der Waals surface area contributed by atoms with Gasteiger partial charge in [0, 0.05) is 31.1 Å². The molecule has 0 aliphatic carbocycles. The van der Waals surface area contributed by atoms with Crippen molar-refractivity contribution >= 4 is 18.0 Å². The van der Waals surface area contributed by atoms with E-state index >= 15 is 0 Å². The number of nitrogens with zero attached hydrogens (tertiary/aromatic N) is 1. The molecule has 1 aliphatic heterocycles. The van der Waals surface area contributed by atoms with Crippen molar-refractivity contribution in [1.82, 2.24) is 10.2 Å². The van der Waals surface area contributed by atoms with Gasteiger partial charge in [0.25, 0.3) is 5.91 Å². The van der Waals surface area contributed by atoms with Crippen molar-refractivity contribution in [2.24, 2.45) is 0 Å². The van der Waals surface area contributed by atoms with Crippen LogP contribution < -0.4 is 19.5 Å². The lowest BCUT2D eigenvalue weighted by Crippen LogP contribution is -2.46. The van der Waals surface area contributed by atoms with Gasteiger partial charge in [-0.25, -0.2) is 4.79 Å². The minimum absolute atomic E-state index is 0.00661. The molecule has 0 saturated carbocycles. The van der Waals surface area contributed by atoms with Gasteiger partial charge >= 0.3 is 6.16 Å². The number of benzene rings is 2. The summed E-state index contributed by atoms with van der Waals surface area (Å²) in [6.07, 6.45) is 1.63. The van der Waals surface area contributed by atoms with Crippen molar-refractivity contribution in [2.75, 3.05) is 33.9 Å². The van der Waals surface area contributed by atoms with Gasteiger partial charge in [0.15, 0.2) is 11.5 Å². The van der Waals surface area contributed by atoms with E-state index in [0.29, 0.717) is 61.6 Å². The second-order valence-corrected chi connectivity index (χ2v) is 8.13. The summed E-state index contributed by atoms with van der Waals surface area (Å²) in [5.41, 5.74) is 1.48. The Morgan fingerprint density at radius 2 is 1.66 bits per heavy atom. The standard InChI is InChI=1S/C26H32N2O7/c1-4-34-26(31)35-21-9-7-19(8-10-21)25(30)27-20-13-15-28(16-14-20)24(29)12-6-18-5-11-22(32-2)23(17-18)33-3/h5,7-11,17,20H,4,6,12-16H2,1-3H3,(H,27,30). The Balaban J connectivity index is 1.42. The fourth-order valence-corrected chi connectivity index (χ4v) is 3.91. The van der Waals surface area contributed by atoms with Crippen LogP contribution in [0.25, 0.3) is 0 Å². The van der Waals surface area contributed by atoms with Gasteiger partial charge in [-0.1, -0.05) is 6.07 Å². The van der Waals surface area contributed by atoms with E-state index in [-0.39, 0.29) is 24.5 Å². The fraction of sp³-hybridized carbons (Fsp3) is 0.423. The molecule has 0 spiro atoms. The maximum Gasteiger partial charge on any atom is 0.513 e. The number of methoxy groups -OCH3 is 2. The Morgan fingerprint density at radius 3 is 2.29 bits per heavy atom. The number of carbonyl (C=O) groups excluding carboxylic acids is 3. The third-order valence-corrected chi connectivity index (χ3v) is 5.84. The molecule has 0 aromatic heterocycles. The van der Waals surface area contributed by atoms with Gasteiger partial charge in [0.05, 0.1) is 20.8 Å². The number of carbonyl (C=O) groups is 3. The number of nitrogens with one attached hydrogen (secondary N) is 1. The van der Waals surface area contributed by atoms with Crippen LogP contribution >= 0.6 is 0 Å². The number of hydrogen-bond donors (Lipinski definition) is 1. The number of ether oxygens (including phenoxy) is 4. The van der Waals surface area contributed by atoms with Crippen LogP contribution in [0.1, 0.15) is 42.1 Å². The van der Waals surface area contributed by atoms with Gasteiger partial charge in [-0.3, -0.25) is 9.59 Å². The Hall–Kier alpha value is -3.75. The molecule has 3 rings (SSSR count). The lowest BCUT2D eigenvalue weighted by atomic mass is 10.0. The molecule has 188 valence electrons. The summed E-state index contributed by atoms with van der Waals surface area (Å²) in [7, 11) is 3.18. The van der Waals surface area contributed by atoms with E-state index in [2.05, 4.69) is 5.32 Å². The van der Waals surface area contributed by atoms with Gasteiger partial charge < -0.3 is 29.2 Å². The summed E-state index contributed by atoms with van der Waals surface area (Å²) in [5, 5.41) is 3.02. The Kier molecular flexibility index (Phi) is 9.34. The van der Waals surface area contributed by atoms with Crippen LogP contribution in [0, 0.1) is 0 Å². The molecule has 2 aromatic carbocycles. The third-order valence-electron chi connectivity index (χ3n) is 5.84. The molecule has 1 saturated heterocycles. The Bertz CT molecular complexity index is 1010. The first-order chi connectivity index (χ1) is 16.9. The van der Waals surface area contributed by atoms with E-state index in [1.54, 1.807) is 45.4 Å². The van der Waals surface area contributed by atoms with Gasteiger partial charge in [0.2, 0.25) is 5.91 Å². The summed E-state index contributed by atoms with van der Waals surface area (Å²) in [4.78, 5) is 38.5. The number of amides is 2. The number of likely N-dealkylation sites (tertiary alicyclic amines) is 1. The van der Waals surface area contributed by atoms with Gasteiger partial charge in [-0.2, -0.15) is 0 Å². The molecule has 9 heteroatoms. The van der Waals surface area contributed by atoms with Crippen molar-refractivity contribution < 1.29 is 33.3 Å². The molecule has 35 heavy (non-hydrogen) atoms. The normalized spacial score (nSPS) is 13.6. The number of piperidine rings is 1. The van der Waals surface area contributed by atoms with Crippen molar-refractivity contribution in [3.05, 3.63) is 53.6 Å². The SMILES string of the molecule is CCOC(=O)Oc1ccc(C(=O)NC2CCN(C(=O)CCc3ccc(OC)c(OC)c3)CC2)cc1. The minimum atomic E-state index is -0.783. The fourth-order valence-electron chi connectivity index (χ4n) is 3.91. The smallest absolute Gasteiger partial charge is 0.493 e. The molecule has 0 atom stereocenters. The molecular weight excluding hydrogens is 452 g/mol. The average molecular weight is 485 g/mol. The highest BCUT2D eigenvalue weighted by Crippen LogP contribution is 2.28. The quantitative estimate of drug-likeness (QED) is 0.429. The lowest BCUT2D eigenvalue weighted by molar-refractivity contribution is -0.132. The van der Waals surface area contributed by atoms with E-state index in [1.807, 2.05) is 23.1 Å². The summed E-state index contributed by atoms with van der Waals surface area (Å²) in [5.74, 6) is 1.51. The molecule has 0 radical (unpaired) electrons. The topological polar surface area (TPSA) is 103 Å². The Labute approximate surface area is 205 Å². The first-order valence-corrected chi connectivity index (χ1v) is 11.7. The van der Waals surface area contributed by atoms with Crippen molar-refractivity contribution in [3.8, 4) is 17.2 Å². The van der Waals surface area contributed by atoms with Crippen LogP contribution in [0.4, 0.5) is 4.79 Å². The lowest BCUT2D eigenvalue weighted by Gasteiger charge is -2.32. The van der Waals surface area contributed by atoms with Crippen LogP contribution in [-0.4, -0.2) is 62.8 Å². The second-order valence-electron chi connectivity index (χ2n) is 8.13.